The van der Waals surface area contributed by atoms with Gasteiger partial charge in [-0.1, -0.05) is 0 Å². The van der Waals surface area contributed by atoms with Crippen LogP contribution in [0, 0.1) is 0 Å². The Morgan fingerprint density at radius 2 is 2.28 bits per heavy atom. The summed E-state index contributed by atoms with van der Waals surface area (Å²) < 4.78 is 1.27. The Labute approximate surface area is 103 Å². The maximum atomic E-state index is 12.1. The number of nitrogens with zero attached hydrogens (tertiary/aromatic N) is 2. The van der Waals surface area contributed by atoms with Crippen LogP contribution in [0.5, 0.6) is 0 Å². The van der Waals surface area contributed by atoms with Crippen molar-refractivity contribution in [2.75, 3.05) is 12.3 Å². The van der Waals surface area contributed by atoms with Gasteiger partial charge in [0, 0.05) is 12.2 Å². The molecular formula is C12H14N4O2. The predicted octanol–water partition coefficient (Wildman–Crippen LogP) is 0.115. The topological polar surface area (TPSA) is 90.0 Å². The Bertz CT molecular complexity index is 648. The number of nitrogens with one attached hydrogen (secondary N) is 1. The molecule has 1 aromatic carbocycles. The summed E-state index contributed by atoms with van der Waals surface area (Å²) in [6, 6.07) is 4.93. The van der Waals surface area contributed by atoms with E-state index in [4.69, 9.17) is 5.73 Å². The van der Waals surface area contributed by atoms with Gasteiger partial charge in [-0.3, -0.25) is 14.2 Å². The van der Waals surface area contributed by atoms with E-state index >= 15 is 0 Å². The first-order valence-electron chi connectivity index (χ1n) is 5.63. The molecule has 0 fully saturated rings. The van der Waals surface area contributed by atoms with Gasteiger partial charge in [0.1, 0.15) is 6.54 Å². The van der Waals surface area contributed by atoms with E-state index in [-0.39, 0.29) is 18.0 Å². The molecule has 0 atom stereocenters. The van der Waals surface area contributed by atoms with Gasteiger partial charge in [-0.25, -0.2) is 4.98 Å². The highest BCUT2D eigenvalue weighted by molar-refractivity contribution is 5.81. The van der Waals surface area contributed by atoms with E-state index in [9.17, 15) is 9.59 Å². The van der Waals surface area contributed by atoms with E-state index in [0.717, 1.165) is 0 Å². The summed E-state index contributed by atoms with van der Waals surface area (Å²) in [5.74, 6) is -0.218. The van der Waals surface area contributed by atoms with Crippen molar-refractivity contribution < 1.29 is 4.79 Å². The molecule has 0 aliphatic carbocycles. The number of hydrogen-bond acceptors (Lipinski definition) is 4. The lowest BCUT2D eigenvalue weighted by atomic mass is 10.2. The Hall–Kier alpha value is -2.37. The van der Waals surface area contributed by atoms with Crippen LogP contribution in [-0.4, -0.2) is 22.0 Å². The summed E-state index contributed by atoms with van der Waals surface area (Å²) in [5, 5.41) is 3.05. The first kappa shape index (κ1) is 12.1. The second kappa shape index (κ2) is 4.87. The lowest BCUT2D eigenvalue weighted by Crippen LogP contribution is -2.32. The average molecular weight is 246 g/mol. The monoisotopic (exact) mass is 246 g/mol. The summed E-state index contributed by atoms with van der Waals surface area (Å²) in [5.41, 5.74) is 6.44. The van der Waals surface area contributed by atoms with Gasteiger partial charge in [-0.15, -0.1) is 0 Å². The van der Waals surface area contributed by atoms with Crippen LogP contribution in [0.2, 0.25) is 0 Å². The molecule has 0 bridgehead atoms. The lowest BCUT2D eigenvalue weighted by Gasteiger charge is -2.06. The normalized spacial score (nSPS) is 10.5. The van der Waals surface area contributed by atoms with Crippen LogP contribution in [-0.2, 0) is 11.3 Å². The summed E-state index contributed by atoms with van der Waals surface area (Å²) in [6.07, 6.45) is 1.37. The number of carbonyl (C=O) groups excluding carboxylic acids is 1. The standard InChI is InChI=1S/C12H14N4O2/c1-2-14-11(17)6-16-7-15-10-4-3-8(13)5-9(10)12(16)18/h3-5,7H,2,6,13H2,1H3,(H,14,17). The number of anilines is 1. The third-order valence-electron chi connectivity index (χ3n) is 2.54. The van der Waals surface area contributed by atoms with Gasteiger partial charge in [0.25, 0.3) is 5.56 Å². The molecule has 0 aliphatic heterocycles. The molecule has 2 aromatic rings. The van der Waals surface area contributed by atoms with Crippen molar-refractivity contribution >= 4 is 22.5 Å². The van der Waals surface area contributed by atoms with Crippen molar-refractivity contribution in [3.05, 3.63) is 34.9 Å². The van der Waals surface area contributed by atoms with E-state index in [1.165, 1.54) is 10.9 Å². The summed E-state index contributed by atoms with van der Waals surface area (Å²) >= 11 is 0. The number of carbonyl (C=O) groups is 1. The Kier molecular flexibility index (Phi) is 3.27. The van der Waals surface area contributed by atoms with Crippen LogP contribution in [0.1, 0.15) is 6.92 Å². The van der Waals surface area contributed by atoms with Gasteiger partial charge in [0.2, 0.25) is 5.91 Å². The third-order valence-corrected chi connectivity index (χ3v) is 2.54. The summed E-state index contributed by atoms with van der Waals surface area (Å²) in [4.78, 5) is 27.7. The van der Waals surface area contributed by atoms with Crippen LogP contribution in [0.4, 0.5) is 5.69 Å². The number of aromatic nitrogens is 2. The molecule has 1 amide bonds. The van der Waals surface area contributed by atoms with Crippen LogP contribution in [0.25, 0.3) is 10.9 Å². The lowest BCUT2D eigenvalue weighted by molar-refractivity contribution is -0.121. The highest BCUT2D eigenvalue weighted by atomic mass is 16.2. The zero-order chi connectivity index (χ0) is 13.1. The molecule has 2 rings (SSSR count). The first-order valence-corrected chi connectivity index (χ1v) is 5.63. The molecule has 0 spiro atoms. The van der Waals surface area contributed by atoms with E-state index in [0.29, 0.717) is 23.1 Å². The number of benzene rings is 1. The number of rotatable bonds is 3. The highest BCUT2D eigenvalue weighted by Gasteiger charge is 2.07. The molecular weight excluding hydrogens is 232 g/mol. The molecule has 6 heteroatoms. The number of fused-ring (bicyclic) bond motifs is 1. The van der Waals surface area contributed by atoms with Gasteiger partial charge < -0.3 is 11.1 Å². The molecule has 0 radical (unpaired) electrons. The average Bonchev–Trinajstić information content (AvgIpc) is 2.34. The van der Waals surface area contributed by atoms with E-state index in [1.54, 1.807) is 18.2 Å². The van der Waals surface area contributed by atoms with E-state index in [2.05, 4.69) is 10.3 Å². The number of hydrogen-bond donors (Lipinski definition) is 2. The molecule has 0 aliphatic rings. The largest absolute Gasteiger partial charge is 0.399 e. The molecule has 6 nitrogen and oxygen atoms in total. The van der Waals surface area contributed by atoms with Crippen LogP contribution < -0.4 is 16.6 Å². The Morgan fingerprint density at radius 1 is 1.50 bits per heavy atom. The van der Waals surface area contributed by atoms with Gasteiger partial charge in [0.15, 0.2) is 0 Å². The molecule has 3 N–H and O–H groups in total. The van der Waals surface area contributed by atoms with Crippen molar-refractivity contribution in [2.45, 2.75) is 13.5 Å². The zero-order valence-electron chi connectivity index (χ0n) is 10.0. The molecule has 1 aromatic heterocycles. The first-order chi connectivity index (χ1) is 8.61. The Morgan fingerprint density at radius 3 is 3.00 bits per heavy atom. The molecule has 94 valence electrons. The Balaban J connectivity index is 2.44. The number of likely N-dealkylation sites (N-methyl/N-ethyl adjacent to an activating group) is 1. The fourth-order valence-electron chi connectivity index (χ4n) is 1.70. The highest BCUT2D eigenvalue weighted by Crippen LogP contribution is 2.10. The fourth-order valence-corrected chi connectivity index (χ4v) is 1.70. The predicted molar refractivity (Wildman–Crippen MR) is 69.1 cm³/mol. The van der Waals surface area contributed by atoms with Gasteiger partial charge in [-0.2, -0.15) is 0 Å². The second-order valence-corrected chi connectivity index (χ2v) is 3.91. The number of nitrogens with two attached hydrogens (primary N) is 1. The van der Waals surface area contributed by atoms with E-state index < -0.39 is 0 Å². The maximum Gasteiger partial charge on any atom is 0.261 e. The molecule has 0 unspecified atom stereocenters. The van der Waals surface area contributed by atoms with Gasteiger partial charge >= 0.3 is 0 Å². The van der Waals surface area contributed by atoms with E-state index in [1.807, 2.05) is 6.92 Å². The minimum atomic E-state index is -0.265. The van der Waals surface area contributed by atoms with Crippen LogP contribution in [0.3, 0.4) is 0 Å². The fraction of sp³-hybridized carbons (Fsp3) is 0.250. The van der Waals surface area contributed by atoms with Crippen molar-refractivity contribution in [3.8, 4) is 0 Å². The van der Waals surface area contributed by atoms with Crippen molar-refractivity contribution in [1.29, 1.82) is 0 Å². The second-order valence-electron chi connectivity index (χ2n) is 3.91. The summed E-state index contributed by atoms with van der Waals surface area (Å²) in [6.45, 7) is 2.31. The van der Waals surface area contributed by atoms with Crippen molar-refractivity contribution in [3.63, 3.8) is 0 Å². The minimum absolute atomic E-state index is 0.0373. The zero-order valence-corrected chi connectivity index (χ0v) is 10.0. The van der Waals surface area contributed by atoms with Crippen LogP contribution in [0.15, 0.2) is 29.3 Å². The van der Waals surface area contributed by atoms with Crippen molar-refractivity contribution in [1.82, 2.24) is 14.9 Å². The third kappa shape index (κ3) is 2.32. The molecule has 1 heterocycles. The number of nitrogen functional groups attached to an aromatic ring is 1. The van der Waals surface area contributed by atoms with Gasteiger partial charge in [0.05, 0.1) is 17.2 Å². The molecule has 0 saturated heterocycles. The van der Waals surface area contributed by atoms with Crippen molar-refractivity contribution in [2.24, 2.45) is 0 Å². The SMILES string of the molecule is CCNC(=O)Cn1cnc2ccc(N)cc2c1=O. The summed E-state index contributed by atoms with van der Waals surface area (Å²) in [7, 11) is 0. The molecule has 0 saturated carbocycles. The van der Waals surface area contributed by atoms with Crippen LogP contribution >= 0.6 is 0 Å². The smallest absolute Gasteiger partial charge is 0.261 e. The quantitative estimate of drug-likeness (QED) is 0.752. The molecule has 18 heavy (non-hydrogen) atoms. The van der Waals surface area contributed by atoms with Gasteiger partial charge in [-0.05, 0) is 25.1 Å². The minimum Gasteiger partial charge on any atom is -0.399 e. The maximum absolute atomic E-state index is 12.1. The number of amides is 1.